The van der Waals surface area contributed by atoms with E-state index in [1.165, 1.54) is 0 Å². The molecule has 2 aromatic carbocycles. The quantitative estimate of drug-likeness (QED) is 0.799. The third-order valence-electron chi connectivity index (χ3n) is 3.58. The molecule has 0 saturated carbocycles. The number of hydrogen-bond acceptors (Lipinski definition) is 2. The first-order chi connectivity index (χ1) is 10.8. The fourth-order valence-electron chi connectivity index (χ4n) is 2.41. The molecular weight excluding hydrogens is 276 g/mol. The molecule has 2 amide bonds. The van der Waals surface area contributed by atoms with E-state index in [0.29, 0.717) is 32.0 Å². The number of carbonyl (C=O) groups is 1. The summed E-state index contributed by atoms with van der Waals surface area (Å²) in [6.07, 6.45) is 0. The van der Waals surface area contributed by atoms with Crippen LogP contribution in [-0.2, 0) is 4.74 Å². The molecule has 0 N–H and O–H groups in total. The zero-order valence-electron chi connectivity index (χ0n) is 12.3. The SMILES string of the molecule is O=C(N=C(c1ccccc1)c1ccccc1)N1CCOCC1. The lowest BCUT2D eigenvalue weighted by Crippen LogP contribution is -2.39. The van der Waals surface area contributed by atoms with Crippen LogP contribution in [0.4, 0.5) is 4.79 Å². The van der Waals surface area contributed by atoms with Crippen LogP contribution in [0.25, 0.3) is 0 Å². The molecule has 1 heterocycles. The Labute approximate surface area is 130 Å². The second-order valence-corrected chi connectivity index (χ2v) is 5.07. The number of morpholine rings is 1. The minimum absolute atomic E-state index is 0.203. The van der Waals surface area contributed by atoms with E-state index in [1.807, 2.05) is 60.7 Å². The second kappa shape index (κ2) is 7.00. The Morgan fingerprint density at radius 3 is 1.86 bits per heavy atom. The number of rotatable bonds is 2. The van der Waals surface area contributed by atoms with Crippen molar-refractivity contribution in [2.24, 2.45) is 4.99 Å². The molecule has 0 aromatic heterocycles. The van der Waals surface area contributed by atoms with Crippen molar-refractivity contribution in [3.05, 3.63) is 71.8 Å². The molecular formula is C18H18N2O2. The number of ether oxygens (including phenoxy) is 1. The van der Waals surface area contributed by atoms with Crippen LogP contribution < -0.4 is 0 Å². The maximum Gasteiger partial charge on any atom is 0.344 e. The Morgan fingerprint density at radius 2 is 1.36 bits per heavy atom. The first-order valence-corrected chi connectivity index (χ1v) is 7.41. The van der Waals surface area contributed by atoms with E-state index >= 15 is 0 Å². The van der Waals surface area contributed by atoms with Gasteiger partial charge in [0.1, 0.15) is 0 Å². The number of urea groups is 1. The first-order valence-electron chi connectivity index (χ1n) is 7.41. The molecule has 1 saturated heterocycles. The Morgan fingerprint density at radius 1 is 0.864 bits per heavy atom. The van der Waals surface area contributed by atoms with Gasteiger partial charge in [0, 0.05) is 24.2 Å². The molecule has 4 heteroatoms. The topological polar surface area (TPSA) is 41.9 Å². The van der Waals surface area contributed by atoms with Crippen LogP contribution in [-0.4, -0.2) is 42.9 Å². The van der Waals surface area contributed by atoms with Crippen molar-refractivity contribution in [1.82, 2.24) is 4.90 Å². The maximum absolute atomic E-state index is 12.4. The van der Waals surface area contributed by atoms with Gasteiger partial charge in [0.2, 0.25) is 0 Å². The van der Waals surface area contributed by atoms with E-state index < -0.39 is 0 Å². The molecule has 2 aromatic rings. The van der Waals surface area contributed by atoms with E-state index in [9.17, 15) is 4.79 Å². The summed E-state index contributed by atoms with van der Waals surface area (Å²) in [5.74, 6) is 0. The molecule has 0 atom stereocenters. The summed E-state index contributed by atoms with van der Waals surface area (Å²) >= 11 is 0. The largest absolute Gasteiger partial charge is 0.378 e. The zero-order chi connectivity index (χ0) is 15.2. The average molecular weight is 294 g/mol. The molecule has 0 radical (unpaired) electrons. The number of hydrogen-bond donors (Lipinski definition) is 0. The summed E-state index contributed by atoms with van der Waals surface area (Å²) in [5.41, 5.74) is 2.59. The molecule has 4 nitrogen and oxygen atoms in total. The summed E-state index contributed by atoms with van der Waals surface area (Å²) in [6, 6.07) is 19.4. The highest BCUT2D eigenvalue weighted by atomic mass is 16.5. The van der Waals surface area contributed by atoms with Crippen molar-refractivity contribution < 1.29 is 9.53 Å². The van der Waals surface area contributed by atoms with E-state index in [2.05, 4.69) is 4.99 Å². The van der Waals surface area contributed by atoms with Gasteiger partial charge in [-0.3, -0.25) is 0 Å². The van der Waals surface area contributed by atoms with Gasteiger partial charge in [-0.15, -0.1) is 0 Å². The molecule has 1 aliphatic heterocycles. The van der Waals surface area contributed by atoms with Gasteiger partial charge in [0.05, 0.1) is 18.9 Å². The Kier molecular flexibility index (Phi) is 4.61. The van der Waals surface area contributed by atoms with Gasteiger partial charge in [-0.25, -0.2) is 4.79 Å². The van der Waals surface area contributed by atoms with Gasteiger partial charge >= 0.3 is 6.03 Å². The molecule has 22 heavy (non-hydrogen) atoms. The summed E-state index contributed by atoms with van der Waals surface area (Å²) in [6.45, 7) is 2.35. The average Bonchev–Trinajstić information content (AvgIpc) is 2.62. The van der Waals surface area contributed by atoms with Gasteiger partial charge in [0.15, 0.2) is 0 Å². The third-order valence-corrected chi connectivity index (χ3v) is 3.58. The lowest BCUT2D eigenvalue weighted by Gasteiger charge is -2.25. The molecule has 112 valence electrons. The van der Waals surface area contributed by atoms with Crippen LogP contribution in [0.5, 0.6) is 0 Å². The van der Waals surface area contributed by atoms with Crippen LogP contribution in [0.1, 0.15) is 11.1 Å². The van der Waals surface area contributed by atoms with Crippen LogP contribution in [0.15, 0.2) is 65.7 Å². The van der Waals surface area contributed by atoms with Crippen molar-refractivity contribution in [2.75, 3.05) is 26.3 Å². The predicted molar refractivity (Wildman–Crippen MR) is 86.3 cm³/mol. The Hall–Kier alpha value is -2.46. The number of benzene rings is 2. The zero-order valence-corrected chi connectivity index (χ0v) is 12.3. The van der Waals surface area contributed by atoms with Gasteiger partial charge in [0.25, 0.3) is 0 Å². The van der Waals surface area contributed by atoms with Crippen LogP contribution in [0.2, 0.25) is 0 Å². The molecule has 3 rings (SSSR count). The van der Waals surface area contributed by atoms with E-state index in [0.717, 1.165) is 11.1 Å². The van der Waals surface area contributed by atoms with Crippen molar-refractivity contribution in [3.63, 3.8) is 0 Å². The number of carbonyl (C=O) groups excluding carboxylic acids is 1. The van der Waals surface area contributed by atoms with E-state index in [4.69, 9.17) is 4.74 Å². The number of aliphatic imine (C=N–C) groups is 1. The monoisotopic (exact) mass is 294 g/mol. The number of amides is 2. The lowest BCUT2D eigenvalue weighted by atomic mass is 10.0. The number of nitrogens with zero attached hydrogens (tertiary/aromatic N) is 2. The molecule has 0 spiro atoms. The second-order valence-electron chi connectivity index (χ2n) is 5.07. The van der Waals surface area contributed by atoms with Gasteiger partial charge in [-0.05, 0) is 0 Å². The molecule has 0 aliphatic carbocycles. The maximum atomic E-state index is 12.4. The van der Waals surface area contributed by atoms with Gasteiger partial charge < -0.3 is 9.64 Å². The van der Waals surface area contributed by atoms with Crippen molar-refractivity contribution >= 4 is 11.7 Å². The van der Waals surface area contributed by atoms with Crippen LogP contribution in [0.3, 0.4) is 0 Å². The predicted octanol–water partition coefficient (Wildman–Crippen LogP) is 2.98. The molecule has 1 aliphatic rings. The normalized spacial score (nSPS) is 14.5. The highest BCUT2D eigenvalue weighted by molar-refractivity contribution is 6.16. The van der Waals surface area contributed by atoms with Crippen molar-refractivity contribution in [2.45, 2.75) is 0 Å². The minimum Gasteiger partial charge on any atom is -0.378 e. The highest BCUT2D eigenvalue weighted by Crippen LogP contribution is 2.12. The molecule has 0 bridgehead atoms. The van der Waals surface area contributed by atoms with Gasteiger partial charge in [-0.1, -0.05) is 60.7 Å². The first kappa shape index (κ1) is 14.5. The van der Waals surface area contributed by atoms with Crippen molar-refractivity contribution in [3.8, 4) is 0 Å². The fraction of sp³-hybridized carbons (Fsp3) is 0.222. The highest BCUT2D eigenvalue weighted by Gasteiger charge is 2.18. The fourth-order valence-corrected chi connectivity index (χ4v) is 2.41. The molecule has 0 unspecified atom stereocenters. The van der Waals surface area contributed by atoms with Crippen molar-refractivity contribution in [1.29, 1.82) is 0 Å². The van der Waals surface area contributed by atoms with E-state index in [1.54, 1.807) is 4.90 Å². The summed E-state index contributed by atoms with van der Waals surface area (Å²) in [7, 11) is 0. The Balaban J connectivity index is 1.94. The minimum atomic E-state index is -0.203. The third kappa shape index (κ3) is 3.40. The van der Waals surface area contributed by atoms with Crippen LogP contribution in [0, 0.1) is 0 Å². The Bertz CT molecular complexity index is 606. The molecule has 1 fully saturated rings. The smallest absolute Gasteiger partial charge is 0.344 e. The summed E-state index contributed by atoms with van der Waals surface area (Å²) in [4.78, 5) is 18.6. The van der Waals surface area contributed by atoms with Crippen LogP contribution >= 0.6 is 0 Å². The van der Waals surface area contributed by atoms with E-state index in [-0.39, 0.29) is 6.03 Å². The standard InChI is InChI=1S/C18H18N2O2/c21-18(20-11-13-22-14-12-20)19-17(15-7-3-1-4-8-15)16-9-5-2-6-10-16/h1-10H,11-14H2. The summed E-state index contributed by atoms with van der Waals surface area (Å²) < 4.78 is 5.28. The lowest BCUT2D eigenvalue weighted by molar-refractivity contribution is 0.0555. The van der Waals surface area contributed by atoms with Gasteiger partial charge in [-0.2, -0.15) is 4.99 Å². The summed E-state index contributed by atoms with van der Waals surface area (Å²) in [5, 5.41) is 0.